The fourth-order valence-corrected chi connectivity index (χ4v) is 2.13. The summed E-state index contributed by atoms with van der Waals surface area (Å²) >= 11 is 5.79. The standard InChI is InChI=1S/C10H11ClN4O.C2H6/c11-10-12-4-7-5-13-15(9(7)14-10)8-2-1-3-16-6-8;1-2/h4-5,8H,1-3,6H2;1-2H3. The highest BCUT2D eigenvalue weighted by atomic mass is 35.5. The molecule has 18 heavy (non-hydrogen) atoms. The van der Waals surface area contributed by atoms with Crippen molar-refractivity contribution in [2.75, 3.05) is 13.2 Å². The molecule has 0 N–H and O–H groups in total. The van der Waals surface area contributed by atoms with Gasteiger partial charge in [0.15, 0.2) is 5.65 Å². The fraction of sp³-hybridized carbons (Fsp3) is 0.583. The number of hydrogen-bond donors (Lipinski definition) is 0. The highest BCUT2D eigenvalue weighted by Crippen LogP contribution is 2.23. The van der Waals surface area contributed by atoms with Crippen molar-refractivity contribution in [1.82, 2.24) is 19.7 Å². The molecule has 3 rings (SSSR count). The normalized spacial score (nSPS) is 19.4. The van der Waals surface area contributed by atoms with Crippen LogP contribution in [0.2, 0.25) is 5.28 Å². The van der Waals surface area contributed by atoms with Crippen LogP contribution in [0.25, 0.3) is 11.0 Å². The Kier molecular flexibility index (Phi) is 4.49. The average Bonchev–Trinajstić information content (AvgIpc) is 2.85. The Hall–Kier alpha value is -1.20. The Labute approximate surface area is 111 Å². The van der Waals surface area contributed by atoms with Gasteiger partial charge in [-0.3, -0.25) is 0 Å². The molecular weight excluding hydrogens is 252 g/mol. The van der Waals surface area contributed by atoms with Gasteiger partial charge in [-0.15, -0.1) is 0 Å². The molecule has 1 aliphatic heterocycles. The summed E-state index contributed by atoms with van der Waals surface area (Å²) in [6, 6.07) is 0.261. The van der Waals surface area contributed by atoms with Gasteiger partial charge in [-0.1, -0.05) is 13.8 Å². The van der Waals surface area contributed by atoms with E-state index in [-0.39, 0.29) is 11.3 Å². The summed E-state index contributed by atoms with van der Waals surface area (Å²) in [7, 11) is 0. The van der Waals surface area contributed by atoms with E-state index in [4.69, 9.17) is 16.3 Å². The molecule has 0 saturated carbocycles. The van der Waals surface area contributed by atoms with Crippen LogP contribution in [0.5, 0.6) is 0 Å². The molecule has 0 bridgehead atoms. The van der Waals surface area contributed by atoms with Gasteiger partial charge in [-0.05, 0) is 24.4 Å². The van der Waals surface area contributed by atoms with Crippen molar-refractivity contribution in [2.45, 2.75) is 32.7 Å². The summed E-state index contributed by atoms with van der Waals surface area (Å²) in [5.74, 6) is 0. The summed E-state index contributed by atoms with van der Waals surface area (Å²) in [6.45, 7) is 5.53. The monoisotopic (exact) mass is 268 g/mol. The maximum Gasteiger partial charge on any atom is 0.224 e. The molecular formula is C12H17ClN4O. The number of aromatic nitrogens is 4. The zero-order chi connectivity index (χ0) is 13.0. The van der Waals surface area contributed by atoms with Gasteiger partial charge >= 0.3 is 0 Å². The molecule has 5 nitrogen and oxygen atoms in total. The third-order valence-electron chi connectivity index (χ3n) is 2.79. The predicted octanol–water partition coefficient (Wildman–Crippen LogP) is 2.86. The molecule has 6 heteroatoms. The highest BCUT2D eigenvalue weighted by molar-refractivity contribution is 6.28. The van der Waals surface area contributed by atoms with Gasteiger partial charge < -0.3 is 4.74 Å². The Balaban J connectivity index is 0.000000574. The van der Waals surface area contributed by atoms with E-state index in [0.717, 1.165) is 30.5 Å². The minimum Gasteiger partial charge on any atom is -0.379 e. The van der Waals surface area contributed by atoms with E-state index in [2.05, 4.69) is 15.1 Å². The van der Waals surface area contributed by atoms with E-state index in [9.17, 15) is 0 Å². The lowest BCUT2D eigenvalue weighted by atomic mass is 10.1. The predicted molar refractivity (Wildman–Crippen MR) is 70.8 cm³/mol. The molecule has 2 aromatic rings. The summed E-state index contributed by atoms with van der Waals surface area (Å²) in [5.41, 5.74) is 0.788. The SMILES string of the molecule is CC.Clc1ncc2cnn(C3CCCOC3)c2n1. The second kappa shape index (κ2) is 6.11. The maximum absolute atomic E-state index is 5.79. The number of hydrogen-bond acceptors (Lipinski definition) is 4. The average molecular weight is 269 g/mol. The van der Waals surface area contributed by atoms with Crippen molar-refractivity contribution in [3.63, 3.8) is 0 Å². The third kappa shape index (κ3) is 2.62. The molecule has 0 aliphatic carbocycles. The molecule has 0 aromatic carbocycles. The maximum atomic E-state index is 5.79. The lowest BCUT2D eigenvalue weighted by molar-refractivity contribution is 0.0563. The molecule has 1 atom stereocenters. The van der Waals surface area contributed by atoms with Gasteiger partial charge in [0.25, 0.3) is 0 Å². The summed E-state index contributed by atoms with van der Waals surface area (Å²) in [5, 5.41) is 5.50. The molecule has 98 valence electrons. The van der Waals surface area contributed by atoms with Crippen LogP contribution >= 0.6 is 11.6 Å². The Morgan fingerprint density at radius 1 is 1.39 bits per heavy atom. The summed E-state index contributed by atoms with van der Waals surface area (Å²) < 4.78 is 7.34. The van der Waals surface area contributed by atoms with Crippen LogP contribution in [0.1, 0.15) is 32.7 Å². The van der Waals surface area contributed by atoms with Crippen LogP contribution < -0.4 is 0 Å². The van der Waals surface area contributed by atoms with Gasteiger partial charge in [-0.25, -0.2) is 9.67 Å². The smallest absolute Gasteiger partial charge is 0.224 e. The van der Waals surface area contributed by atoms with Crippen LogP contribution in [0, 0.1) is 0 Å². The second-order valence-electron chi connectivity index (χ2n) is 3.88. The first-order chi connectivity index (χ1) is 8.84. The van der Waals surface area contributed by atoms with E-state index in [0.29, 0.717) is 6.61 Å². The number of nitrogens with zero attached hydrogens (tertiary/aromatic N) is 4. The molecule has 1 aliphatic rings. The lowest BCUT2D eigenvalue weighted by Gasteiger charge is -2.22. The van der Waals surface area contributed by atoms with Crippen molar-refractivity contribution in [1.29, 1.82) is 0 Å². The number of halogens is 1. The third-order valence-corrected chi connectivity index (χ3v) is 2.97. The number of rotatable bonds is 1. The first-order valence-corrected chi connectivity index (χ1v) is 6.66. The Morgan fingerprint density at radius 2 is 2.22 bits per heavy atom. The van der Waals surface area contributed by atoms with Gasteiger partial charge in [0, 0.05) is 12.8 Å². The first-order valence-electron chi connectivity index (χ1n) is 6.28. The number of ether oxygens (including phenoxy) is 1. The Morgan fingerprint density at radius 3 is 2.94 bits per heavy atom. The molecule has 2 aromatic heterocycles. The molecule has 1 saturated heterocycles. The van der Waals surface area contributed by atoms with Gasteiger partial charge in [0.05, 0.1) is 24.2 Å². The van der Waals surface area contributed by atoms with Crippen molar-refractivity contribution in [3.05, 3.63) is 17.7 Å². The van der Waals surface area contributed by atoms with Crippen molar-refractivity contribution in [3.8, 4) is 0 Å². The minimum atomic E-state index is 0.256. The molecule has 1 fully saturated rings. The number of fused-ring (bicyclic) bond motifs is 1. The summed E-state index contributed by atoms with van der Waals surface area (Å²) in [4.78, 5) is 8.15. The van der Waals surface area contributed by atoms with Crippen LogP contribution in [-0.4, -0.2) is 33.0 Å². The van der Waals surface area contributed by atoms with Crippen LogP contribution in [0.3, 0.4) is 0 Å². The van der Waals surface area contributed by atoms with Gasteiger partial charge in [-0.2, -0.15) is 10.1 Å². The van der Waals surface area contributed by atoms with Crippen molar-refractivity contribution >= 4 is 22.6 Å². The minimum absolute atomic E-state index is 0.256. The zero-order valence-electron chi connectivity index (χ0n) is 10.6. The largest absolute Gasteiger partial charge is 0.379 e. The quantitative estimate of drug-likeness (QED) is 0.747. The zero-order valence-corrected chi connectivity index (χ0v) is 11.4. The summed E-state index contributed by atoms with van der Waals surface area (Å²) in [6.07, 6.45) is 5.58. The fourth-order valence-electron chi connectivity index (χ4n) is 2.00. The van der Waals surface area contributed by atoms with Crippen LogP contribution in [-0.2, 0) is 4.74 Å². The molecule has 0 amide bonds. The molecule has 0 radical (unpaired) electrons. The molecule has 1 unspecified atom stereocenters. The lowest BCUT2D eigenvalue weighted by Crippen LogP contribution is -2.22. The highest BCUT2D eigenvalue weighted by Gasteiger charge is 2.19. The second-order valence-corrected chi connectivity index (χ2v) is 4.22. The van der Waals surface area contributed by atoms with Gasteiger partial charge in [0.1, 0.15) is 0 Å². The van der Waals surface area contributed by atoms with E-state index in [1.807, 2.05) is 18.5 Å². The van der Waals surface area contributed by atoms with E-state index in [1.165, 1.54) is 0 Å². The van der Waals surface area contributed by atoms with Gasteiger partial charge in [0.2, 0.25) is 5.28 Å². The first kappa shape index (κ1) is 13.2. The molecule has 0 spiro atoms. The molecule has 3 heterocycles. The van der Waals surface area contributed by atoms with E-state index >= 15 is 0 Å². The van der Waals surface area contributed by atoms with E-state index < -0.39 is 0 Å². The van der Waals surface area contributed by atoms with E-state index in [1.54, 1.807) is 12.4 Å². The van der Waals surface area contributed by atoms with Crippen molar-refractivity contribution < 1.29 is 4.74 Å². The Bertz CT molecular complexity index is 508. The van der Waals surface area contributed by atoms with Crippen molar-refractivity contribution in [2.24, 2.45) is 0 Å². The van der Waals surface area contributed by atoms with Crippen LogP contribution in [0.4, 0.5) is 0 Å². The van der Waals surface area contributed by atoms with Crippen LogP contribution in [0.15, 0.2) is 12.4 Å². The topological polar surface area (TPSA) is 52.8 Å².